The number of unbranched alkanes of at least 4 members (excludes halogenated alkanes) is 1. The van der Waals surface area contributed by atoms with E-state index in [1.54, 1.807) is 6.92 Å². The van der Waals surface area contributed by atoms with Gasteiger partial charge in [-0.2, -0.15) is 0 Å². The second-order valence-corrected chi connectivity index (χ2v) is 3.27. The summed E-state index contributed by atoms with van der Waals surface area (Å²) in [5.74, 6) is -1.20. The van der Waals surface area contributed by atoms with Crippen LogP contribution in [0.25, 0.3) is 0 Å². The zero-order valence-electron chi connectivity index (χ0n) is 9.04. The Balaban J connectivity index is 3.61. The maximum Gasteiger partial charge on any atom is 0.358 e. The molecule has 4 heteroatoms. The average molecular weight is 202 g/mol. The zero-order valence-corrected chi connectivity index (χ0v) is 9.04. The van der Waals surface area contributed by atoms with Gasteiger partial charge in [-0.25, -0.2) is 19.4 Å². The van der Waals surface area contributed by atoms with Crippen molar-refractivity contribution in [1.82, 2.24) is 0 Å². The lowest BCUT2D eigenvalue weighted by atomic mass is 10.1. The van der Waals surface area contributed by atoms with E-state index in [-0.39, 0.29) is 5.92 Å². The van der Waals surface area contributed by atoms with Crippen molar-refractivity contribution >= 4 is 11.9 Å². The monoisotopic (exact) mass is 202 g/mol. The summed E-state index contributed by atoms with van der Waals surface area (Å²) >= 11 is 0. The highest BCUT2D eigenvalue weighted by atomic mass is 17.2. The first-order valence-corrected chi connectivity index (χ1v) is 5.03. The predicted octanol–water partition coefficient (Wildman–Crippen LogP) is 2.22. The molecule has 0 radical (unpaired) electrons. The van der Waals surface area contributed by atoms with Gasteiger partial charge >= 0.3 is 11.9 Å². The Labute approximate surface area is 84.5 Å². The van der Waals surface area contributed by atoms with Gasteiger partial charge in [-0.1, -0.05) is 27.2 Å². The van der Waals surface area contributed by atoms with Crippen molar-refractivity contribution < 1.29 is 19.4 Å². The van der Waals surface area contributed by atoms with Crippen LogP contribution in [0.1, 0.15) is 46.5 Å². The summed E-state index contributed by atoms with van der Waals surface area (Å²) in [6.07, 6.45) is 2.63. The number of carbonyl (C=O) groups is 2. The van der Waals surface area contributed by atoms with E-state index in [2.05, 4.69) is 9.78 Å². The van der Waals surface area contributed by atoms with Crippen molar-refractivity contribution in [1.29, 1.82) is 0 Å². The highest BCUT2D eigenvalue weighted by molar-refractivity contribution is 5.74. The smallest absolute Gasteiger partial charge is 0.247 e. The Hall–Kier alpha value is -1.06. The molecular formula is C10H18O4. The van der Waals surface area contributed by atoms with E-state index in [0.717, 1.165) is 12.8 Å². The Morgan fingerprint density at radius 2 is 1.86 bits per heavy atom. The van der Waals surface area contributed by atoms with Gasteiger partial charge in [0, 0.05) is 0 Å². The molecule has 0 aliphatic rings. The molecule has 0 aromatic carbocycles. The van der Waals surface area contributed by atoms with E-state index in [1.165, 1.54) is 0 Å². The summed E-state index contributed by atoms with van der Waals surface area (Å²) in [5.41, 5.74) is 0. The normalized spacial score (nSPS) is 11.9. The van der Waals surface area contributed by atoms with Crippen LogP contribution >= 0.6 is 0 Å². The molecule has 14 heavy (non-hydrogen) atoms. The third kappa shape index (κ3) is 5.56. The summed E-state index contributed by atoms with van der Waals surface area (Å²) in [5, 5.41) is 0. The molecule has 0 spiro atoms. The Morgan fingerprint density at radius 3 is 2.36 bits per heavy atom. The van der Waals surface area contributed by atoms with Crippen LogP contribution in [-0.2, 0) is 19.4 Å². The van der Waals surface area contributed by atoms with Crippen molar-refractivity contribution in [3.8, 4) is 0 Å². The molecule has 0 saturated carbocycles. The lowest BCUT2D eigenvalue weighted by molar-refractivity contribution is -0.262. The zero-order chi connectivity index (χ0) is 11.0. The molecule has 0 heterocycles. The van der Waals surface area contributed by atoms with Crippen LogP contribution < -0.4 is 0 Å². The Bertz CT molecular complexity index is 189. The number of rotatable bonds is 5. The topological polar surface area (TPSA) is 52.6 Å². The van der Waals surface area contributed by atoms with Crippen LogP contribution in [0.2, 0.25) is 0 Å². The molecule has 0 aromatic rings. The fourth-order valence-corrected chi connectivity index (χ4v) is 0.699. The first-order valence-electron chi connectivity index (χ1n) is 5.03. The number of hydrogen-bond acceptors (Lipinski definition) is 4. The maximum atomic E-state index is 11.1. The highest BCUT2D eigenvalue weighted by Crippen LogP contribution is 2.04. The van der Waals surface area contributed by atoms with E-state index < -0.39 is 11.9 Å². The third-order valence-corrected chi connectivity index (χ3v) is 1.97. The van der Waals surface area contributed by atoms with Gasteiger partial charge in [0.25, 0.3) is 0 Å². The van der Waals surface area contributed by atoms with Gasteiger partial charge < -0.3 is 0 Å². The summed E-state index contributed by atoms with van der Waals surface area (Å²) in [4.78, 5) is 30.7. The molecule has 0 rings (SSSR count). The van der Waals surface area contributed by atoms with Crippen LogP contribution in [0.4, 0.5) is 0 Å². The Morgan fingerprint density at radius 1 is 1.21 bits per heavy atom. The second-order valence-electron chi connectivity index (χ2n) is 3.27. The van der Waals surface area contributed by atoms with Gasteiger partial charge in [0.2, 0.25) is 0 Å². The first kappa shape index (κ1) is 12.9. The second kappa shape index (κ2) is 7.35. The van der Waals surface area contributed by atoms with Crippen molar-refractivity contribution in [3.05, 3.63) is 0 Å². The van der Waals surface area contributed by atoms with Gasteiger partial charge in [-0.3, -0.25) is 0 Å². The van der Waals surface area contributed by atoms with E-state index in [1.807, 2.05) is 13.8 Å². The molecule has 0 amide bonds. The molecule has 0 saturated heterocycles. The van der Waals surface area contributed by atoms with Crippen LogP contribution in [0.15, 0.2) is 0 Å². The third-order valence-electron chi connectivity index (χ3n) is 1.97. The number of carbonyl (C=O) groups excluding carboxylic acids is 2. The lowest BCUT2D eigenvalue weighted by Gasteiger charge is -2.06. The van der Waals surface area contributed by atoms with Gasteiger partial charge in [0.1, 0.15) is 0 Å². The van der Waals surface area contributed by atoms with E-state index >= 15 is 0 Å². The standard InChI is InChI=1S/C10H18O4/c1-4-6-7-9(11)13-14-10(12)8(3)5-2/h8H,4-7H2,1-3H3. The molecule has 0 aromatic heterocycles. The minimum absolute atomic E-state index is 0.228. The maximum absolute atomic E-state index is 11.1. The molecule has 0 aliphatic carbocycles. The van der Waals surface area contributed by atoms with Crippen LogP contribution in [0.5, 0.6) is 0 Å². The predicted molar refractivity (Wildman–Crippen MR) is 51.2 cm³/mol. The fourth-order valence-electron chi connectivity index (χ4n) is 0.699. The quantitative estimate of drug-likeness (QED) is 0.506. The molecule has 0 aliphatic heterocycles. The van der Waals surface area contributed by atoms with Crippen molar-refractivity contribution in [2.75, 3.05) is 0 Å². The first-order chi connectivity index (χ1) is 6.61. The van der Waals surface area contributed by atoms with Crippen molar-refractivity contribution in [2.45, 2.75) is 46.5 Å². The Kier molecular flexibility index (Phi) is 6.80. The number of hydrogen-bond donors (Lipinski definition) is 0. The SMILES string of the molecule is CCCCC(=O)OOC(=O)C(C)CC. The molecule has 0 fully saturated rings. The summed E-state index contributed by atoms with van der Waals surface area (Å²) < 4.78 is 0. The van der Waals surface area contributed by atoms with Gasteiger partial charge in [0.15, 0.2) is 0 Å². The van der Waals surface area contributed by atoms with E-state index in [4.69, 9.17) is 0 Å². The van der Waals surface area contributed by atoms with E-state index in [9.17, 15) is 9.59 Å². The minimum atomic E-state index is -0.489. The van der Waals surface area contributed by atoms with Crippen LogP contribution in [0, 0.1) is 5.92 Å². The van der Waals surface area contributed by atoms with Gasteiger partial charge in [-0.15, -0.1) is 0 Å². The van der Waals surface area contributed by atoms with Gasteiger partial charge in [0.05, 0.1) is 12.3 Å². The molecule has 0 bridgehead atoms. The van der Waals surface area contributed by atoms with Gasteiger partial charge in [-0.05, 0) is 12.8 Å². The highest BCUT2D eigenvalue weighted by Gasteiger charge is 2.15. The van der Waals surface area contributed by atoms with Crippen LogP contribution in [-0.4, -0.2) is 11.9 Å². The van der Waals surface area contributed by atoms with Crippen molar-refractivity contribution in [2.24, 2.45) is 5.92 Å². The molecular weight excluding hydrogens is 184 g/mol. The summed E-state index contributed by atoms with van der Waals surface area (Å²) in [6.45, 7) is 5.56. The molecule has 4 nitrogen and oxygen atoms in total. The largest absolute Gasteiger partial charge is 0.358 e. The van der Waals surface area contributed by atoms with E-state index in [0.29, 0.717) is 12.8 Å². The summed E-state index contributed by atoms with van der Waals surface area (Å²) in [6, 6.07) is 0. The van der Waals surface area contributed by atoms with Crippen molar-refractivity contribution in [3.63, 3.8) is 0 Å². The molecule has 1 atom stereocenters. The summed E-state index contributed by atoms with van der Waals surface area (Å²) in [7, 11) is 0. The average Bonchev–Trinajstić information content (AvgIpc) is 2.21. The van der Waals surface area contributed by atoms with Crippen LogP contribution in [0.3, 0.4) is 0 Å². The minimum Gasteiger partial charge on any atom is -0.247 e. The molecule has 82 valence electrons. The molecule has 0 N–H and O–H groups in total. The lowest BCUT2D eigenvalue weighted by Crippen LogP contribution is -2.17. The molecule has 1 unspecified atom stereocenters. The fraction of sp³-hybridized carbons (Fsp3) is 0.800.